The Morgan fingerprint density at radius 2 is 0.506 bits per heavy atom. The second-order valence-corrected chi connectivity index (χ2v) is 28.0. The fraction of sp³-hybridized carbons (Fsp3) is 0.938. The molecule has 0 rings (SSSR count). The molecule has 5 atom stereocenters. The predicted molar refractivity (Wildman–Crippen MR) is 331 cm³/mol. The lowest BCUT2D eigenvalue weighted by atomic mass is 10.0. The van der Waals surface area contributed by atoms with Crippen LogP contribution in [0, 0.1) is 23.7 Å². The summed E-state index contributed by atoms with van der Waals surface area (Å²) in [6, 6.07) is 0. The second-order valence-electron chi connectivity index (χ2n) is 25.1. The lowest BCUT2D eigenvalue weighted by Gasteiger charge is -2.21. The highest BCUT2D eigenvalue weighted by molar-refractivity contribution is 7.47. The van der Waals surface area contributed by atoms with Gasteiger partial charge in [-0.05, 0) is 49.4 Å². The Labute approximate surface area is 505 Å². The van der Waals surface area contributed by atoms with Crippen molar-refractivity contribution in [3.63, 3.8) is 0 Å². The van der Waals surface area contributed by atoms with Crippen LogP contribution < -0.4 is 0 Å². The van der Waals surface area contributed by atoms with E-state index in [4.69, 9.17) is 37.0 Å². The molecular formula is C64H124O17P2. The van der Waals surface area contributed by atoms with Gasteiger partial charge in [-0.3, -0.25) is 37.3 Å². The summed E-state index contributed by atoms with van der Waals surface area (Å²) in [4.78, 5) is 72.2. The number of hydrogen-bond donors (Lipinski definition) is 3. The molecule has 3 N–H and O–H groups in total. The van der Waals surface area contributed by atoms with Crippen molar-refractivity contribution in [2.24, 2.45) is 23.7 Å². The number of unbranched alkanes of at least 4 members (excludes halogenated alkanes) is 27. The molecule has 83 heavy (non-hydrogen) atoms. The Kier molecular flexibility index (Phi) is 53.0. The Morgan fingerprint density at radius 3 is 0.747 bits per heavy atom. The summed E-state index contributed by atoms with van der Waals surface area (Å²) in [6.07, 6.45) is 33.7. The van der Waals surface area contributed by atoms with E-state index in [1.165, 1.54) is 96.3 Å². The van der Waals surface area contributed by atoms with E-state index >= 15 is 0 Å². The van der Waals surface area contributed by atoms with E-state index in [1.54, 1.807) is 0 Å². The summed E-state index contributed by atoms with van der Waals surface area (Å²) < 4.78 is 68.0. The standard InChI is InChI=1S/C64H124O17P2/c1-54(2)40-32-24-16-11-9-10-12-19-30-38-46-63(68)80-59(50-74-61(66)44-36-28-21-15-18-26-34-42-56(5)6)52-78-82(70,71)76-48-58(65)49-77-83(72,73)79-53-60(51-75-62(67)45-37-29-23-22-27-35-43-57(7)8)81-64(69)47-39-31-20-14-13-17-25-33-41-55(3)4/h54-60,65H,9-53H2,1-8H3,(H,70,71)(H,72,73)/t58-,59-,60-/m1/s1. The minimum Gasteiger partial charge on any atom is -0.462 e. The highest BCUT2D eigenvalue weighted by Gasteiger charge is 2.30. The molecule has 0 bridgehead atoms. The molecule has 0 aliphatic heterocycles. The first-order valence-electron chi connectivity index (χ1n) is 33.2. The van der Waals surface area contributed by atoms with E-state index in [-0.39, 0.29) is 25.7 Å². The largest absolute Gasteiger partial charge is 0.472 e. The van der Waals surface area contributed by atoms with Crippen molar-refractivity contribution >= 4 is 39.5 Å². The zero-order chi connectivity index (χ0) is 61.8. The molecule has 0 aromatic heterocycles. The van der Waals surface area contributed by atoms with Crippen molar-refractivity contribution in [3.8, 4) is 0 Å². The number of carbonyl (C=O) groups excluding carboxylic acids is 4. The molecule has 19 heteroatoms. The van der Waals surface area contributed by atoms with E-state index in [2.05, 4.69) is 55.4 Å². The minimum atomic E-state index is -4.95. The maximum Gasteiger partial charge on any atom is 0.472 e. The Hall–Kier alpha value is -1.94. The summed E-state index contributed by atoms with van der Waals surface area (Å²) in [5.41, 5.74) is 0. The van der Waals surface area contributed by atoms with Crippen LogP contribution in [0.3, 0.4) is 0 Å². The third-order valence-electron chi connectivity index (χ3n) is 14.6. The predicted octanol–water partition coefficient (Wildman–Crippen LogP) is 17.4. The number of aliphatic hydroxyl groups is 1. The van der Waals surface area contributed by atoms with Gasteiger partial charge in [-0.15, -0.1) is 0 Å². The van der Waals surface area contributed by atoms with Gasteiger partial charge < -0.3 is 33.8 Å². The van der Waals surface area contributed by atoms with E-state index in [0.29, 0.717) is 37.5 Å². The van der Waals surface area contributed by atoms with Gasteiger partial charge in [0.15, 0.2) is 12.2 Å². The van der Waals surface area contributed by atoms with E-state index < -0.39 is 97.5 Å². The molecule has 2 unspecified atom stereocenters. The van der Waals surface area contributed by atoms with Crippen molar-refractivity contribution in [2.75, 3.05) is 39.6 Å². The average molecular weight is 1230 g/mol. The lowest BCUT2D eigenvalue weighted by molar-refractivity contribution is -0.161. The van der Waals surface area contributed by atoms with Crippen molar-refractivity contribution in [1.82, 2.24) is 0 Å². The van der Waals surface area contributed by atoms with Crippen LogP contribution in [0.1, 0.15) is 306 Å². The van der Waals surface area contributed by atoms with Crippen LogP contribution in [0.4, 0.5) is 0 Å². The molecule has 0 aromatic carbocycles. The Bertz CT molecular complexity index is 1660. The molecule has 0 aliphatic carbocycles. The SMILES string of the molecule is CC(C)CCCCCCCCCCCCC(=O)O[C@H](COC(=O)CCCCCCCCCC(C)C)COP(=O)(O)OC[C@@H](O)COP(=O)(O)OC[C@@H](COC(=O)CCCCCCCCC(C)C)OC(=O)CCCCCCCCCCC(C)C. The van der Waals surface area contributed by atoms with Gasteiger partial charge in [0.2, 0.25) is 0 Å². The third kappa shape index (κ3) is 58.8. The molecule has 0 aromatic rings. The number of rotatable bonds is 61. The number of ether oxygens (including phenoxy) is 4. The minimum absolute atomic E-state index is 0.103. The van der Waals surface area contributed by atoms with Crippen LogP contribution in [0.15, 0.2) is 0 Å². The third-order valence-corrected chi connectivity index (χ3v) is 16.5. The summed E-state index contributed by atoms with van der Waals surface area (Å²) in [5.74, 6) is 0.713. The van der Waals surface area contributed by atoms with Gasteiger partial charge in [0.25, 0.3) is 0 Å². The van der Waals surface area contributed by atoms with Crippen molar-refractivity contribution in [3.05, 3.63) is 0 Å². The highest BCUT2D eigenvalue weighted by atomic mass is 31.2. The Balaban J connectivity index is 5.25. The molecule has 492 valence electrons. The quantitative estimate of drug-likeness (QED) is 0.0222. The first-order valence-corrected chi connectivity index (χ1v) is 36.2. The normalized spacial score (nSPS) is 14.4. The number of phosphoric ester groups is 2. The highest BCUT2D eigenvalue weighted by Crippen LogP contribution is 2.45. The number of esters is 4. The zero-order valence-corrected chi connectivity index (χ0v) is 55.6. The monoisotopic (exact) mass is 1230 g/mol. The van der Waals surface area contributed by atoms with Crippen molar-refractivity contribution in [1.29, 1.82) is 0 Å². The van der Waals surface area contributed by atoms with Gasteiger partial charge in [0, 0.05) is 25.7 Å². The van der Waals surface area contributed by atoms with Crippen molar-refractivity contribution < 1.29 is 80.2 Å². The maximum absolute atomic E-state index is 13.0. The van der Waals surface area contributed by atoms with Crippen LogP contribution in [-0.4, -0.2) is 96.7 Å². The van der Waals surface area contributed by atoms with Gasteiger partial charge in [-0.1, -0.05) is 254 Å². The maximum atomic E-state index is 13.0. The van der Waals surface area contributed by atoms with Crippen LogP contribution in [0.25, 0.3) is 0 Å². The van der Waals surface area contributed by atoms with Gasteiger partial charge >= 0.3 is 39.5 Å². The number of hydrogen-bond acceptors (Lipinski definition) is 15. The zero-order valence-electron chi connectivity index (χ0n) is 53.8. The summed E-state index contributed by atoms with van der Waals surface area (Å²) >= 11 is 0. The smallest absolute Gasteiger partial charge is 0.462 e. The molecule has 0 aliphatic rings. The van der Waals surface area contributed by atoms with Gasteiger partial charge in [-0.2, -0.15) is 0 Å². The van der Waals surface area contributed by atoms with Crippen LogP contribution in [0.2, 0.25) is 0 Å². The van der Waals surface area contributed by atoms with E-state index in [1.807, 2.05) is 0 Å². The first-order chi connectivity index (χ1) is 39.6. The molecule has 0 saturated heterocycles. The second kappa shape index (κ2) is 54.2. The van der Waals surface area contributed by atoms with Gasteiger partial charge in [0.05, 0.1) is 26.4 Å². The molecule has 0 saturated carbocycles. The van der Waals surface area contributed by atoms with Gasteiger partial charge in [0.1, 0.15) is 19.3 Å². The summed E-state index contributed by atoms with van der Waals surface area (Å²) in [6.45, 7) is 13.9. The van der Waals surface area contributed by atoms with E-state index in [0.717, 1.165) is 115 Å². The molecule has 0 amide bonds. The molecule has 17 nitrogen and oxygen atoms in total. The fourth-order valence-corrected chi connectivity index (χ4v) is 11.0. The van der Waals surface area contributed by atoms with Crippen molar-refractivity contribution in [2.45, 2.75) is 324 Å². The number of aliphatic hydroxyl groups excluding tert-OH is 1. The first kappa shape index (κ1) is 81.1. The Morgan fingerprint density at radius 1 is 0.301 bits per heavy atom. The summed E-state index contributed by atoms with van der Waals surface area (Å²) in [5, 5.41) is 10.5. The number of phosphoric acid groups is 2. The molecule has 0 heterocycles. The van der Waals surface area contributed by atoms with E-state index in [9.17, 15) is 43.2 Å². The summed E-state index contributed by atoms with van der Waals surface area (Å²) in [7, 11) is -9.89. The molecule has 0 fully saturated rings. The van der Waals surface area contributed by atoms with Gasteiger partial charge in [-0.25, -0.2) is 9.13 Å². The molecule has 0 radical (unpaired) electrons. The molecular weight excluding hydrogens is 1100 g/mol. The lowest BCUT2D eigenvalue weighted by Crippen LogP contribution is -2.30. The van der Waals surface area contributed by atoms with Crippen LogP contribution in [0.5, 0.6) is 0 Å². The van der Waals surface area contributed by atoms with Crippen LogP contribution >= 0.6 is 15.6 Å². The molecule has 0 spiro atoms. The topological polar surface area (TPSA) is 237 Å². The van der Waals surface area contributed by atoms with Crippen LogP contribution in [-0.2, 0) is 65.4 Å². The number of carbonyl (C=O) groups is 4. The average Bonchev–Trinajstić information content (AvgIpc) is 3.46. The fourth-order valence-electron chi connectivity index (χ4n) is 9.43.